The SMILES string of the molecule is C=C(C)/C(C)=C(C)/N=C(\C)C(C)(N)CCC(C)(C)CC. The van der Waals surface area contributed by atoms with Crippen LogP contribution in [0.1, 0.15) is 74.7 Å². The van der Waals surface area contributed by atoms with E-state index >= 15 is 0 Å². The van der Waals surface area contributed by atoms with Gasteiger partial charge in [-0.2, -0.15) is 0 Å². The summed E-state index contributed by atoms with van der Waals surface area (Å²) in [6.45, 7) is 21.0. The molecule has 0 spiro atoms. The van der Waals surface area contributed by atoms with E-state index in [-0.39, 0.29) is 5.54 Å². The molecule has 0 aromatic rings. The van der Waals surface area contributed by atoms with Gasteiger partial charge in [0.1, 0.15) is 0 Å². The second kappa shape index (κ2) is 7.21. The van der Waals surface area contributed by atoms with E-state index in [4.69, 9.17) is 10.7 Å². The molecular weight excluding hydrogens is 244 g/mol. The zero-order chi connectivity index (χ0) is 16.1. The van der Waals surface area contributed by atoms with E-state index in [1.54, 1.807) is 0 Å². The maximum atomic E-state index is 6.47. The molecule has 0 bridgehead atoms. The molecule has 0 saturated carbocycles. The van der Waals surface area contributed by atoms with E-state index in [1.807, 2.05) is 20.8 Å². The van der Waals surface area contributed by atoms with Crippen LogP contribution in [0, 0.1) is 5.41 Å². The molecule has 2 heteroatoms. The molecule has 0 aromatic heterocycles. The van der Waals surface area contributed by atoms with Gasteiger partial charge in [0.2, 0.25) is 0 Å². The van der Waals surface area contributed by atoms with E-state index in [0.29, 0.717) is 5.41 Å². The Morgan fingerprint density at radius 2 is 1.55 bits per heavy atom. The second-order valence-corrected chi connectivity index (χ2v) is 7.12. The Labute approximate surface area is 126 Å². The van der Waals surface area contributed by atoms with Crippen LogP contribution in [0.25, 0.3) is 0 Å². The summed E-state index contributed by atoms with van der Waals surface area (Å²) in [7, 11) is 0. The van der Waals surface area contributed by atoms with Crippen LogP contribution in [0.5, 0.6) is 0 Å². The maximum Gasteiger partial charge on any atom is 0.0512 e. The normalized spacial score (nSPS) is 17.6. The summed E-state index contributed by atoms with van der Waals surface area (Å²) in [5, 5.41) is 0. The zero-order valence-corrected chi connectivity index (χ0v) is 14.9. The molecule has 116 valence electrons. The minimum absolute atomic E-state index is 0.344. The minimum Gasteiger partial charge on any atom is -0.321 e. The zero-order valence-electron chi connectivity index (χ0n) is 14.9. The Kier molecular flexibility index (Phi) is 6.89. The van der Waals surface area contributed by atoms with Crippen molar-refractivity contribution < 1.29 is 0 Å². The van der Waals surface area contributed by atoms with Gasteiger partial charge in [-0.3, -0.25) is 4.99 Å². The third kappa shape index (κ3) is 6.04. The van der Waals surface area contributed by atoms with Gasteiger partial charge in [0.15, 0.2) is 0 Å². The first-order valence-corrected chi connectivity index (χ1v) is 7.61. The maximum absolute atomic E-state index is 6.47. The Morgan fingerprint density at radius 3 is 1.95 bits per heavy atom. The van der Waals surface area contributed by atoms with Crippen LogP contribution in [-0.4, -0.2) is 11.3 Å². The number of allylic oxidation sites excluding steroid dienone is 3. The lowest BCUT2D eigenvalue weighted by Gasteiger charge is -2.30. The van der Waals surface area contributed by atoms with Crippen LogP contribution in [0.4, 0.5) is 0 Å². The van der Waals surface area contributed by atoms with Gasteiger partial charge in [-0.15, -0.1) is 0 Å². The van der Waals surface area contributed by atoms with Crippen LogP contribution in [0.3, 0.4) is 0 Å². The highest BCUT2D eigenvalue weighted by molar-refractivity contribution is 5.91. The molecule has 0 fully saturated rings. The molecule has 0 aliphatic heterocycles. The van der Waals surface area contributed by atoms with E-state index in [1.165, 1.54) is 6.42 Å². The summed E-state index contributed by atoms with van der Waals surface area (Å²) in [6.07, 6.45) is 3.25. The molecule has 1 unspecified atom stereocenters. The first kappa shape index (κ1) is 19.1. The number of aliphatic imine (C=N–C) groups is 1. The fraction of sp³-hybridized carbons (Fsp3) is 0.722. The Hall–Kier alpha value is -0.890. The molecule has 0 saturated heterocycles. The molecule has 0 aliphatic carbocycles. The molecule has 0 radical (unpaired) electrons. The fourth-order valence-electron chi connectivity index (χ4n) is 1.73. The van der Waals surface area contributed by atoms with Crippen LogP contribution < -0.4 is 5.73 Å². The summed E-state index contributed by atoms with van der Waals surface area (Å²) >= 11 is 0. The number of hydrogen-bond acceptors (Lipinski definition) is 2. The Balaban J connectivity index is 5.03. The monoisotopic (exact) mass is 278 g/mol. The second-order valence-electron chi connectivity index (χ2n) is 7.12. The van der Waals surface area contributed by atoms with Crippen LogP contribution >= 0.6 is 0 Å². The Bertz CT molecular complexity index is 409. The standard InChI is InChI=1S/C18H34N2/c1-10-17(7,8)11-12-18(9,19)16(6)20-15(5)14(4)13(2)3/h2,10-12,19H2,1,3-9H3/b15-14+,20-16+. The number of hydrogen-bond donors (Lipinski definition) is 1. The van der Waals surface area contributed by atoms with Crippen LogP contribution in [0.15, 0.2) is 28.4 Å². The number of nitrogens with two attached hydrogens (primary N) is 1. The van der Waals surface area contributed by atoms with Gasteiger partial charge in [-0.05, 0) is 58.4 Å². The fourth-order valence-corrected chi connectivity index (χ4v) is 1.73. The van der Waals surface area contributed by atoms with Crippen molar-refractivity contribution in [2.24, 2.45) is 16.1 Å². The lowest BCUT2D eigenvalue weighted by atomic mass is 9.79. The van der Waals surface area contributed by atoms with Crippen LogP contribution in [0.2, 0.25) is 0 Å². The summed E-state index contributed by atoms with van der Waals surface area (Å²) in [4.78, 5) is 4.71. The molecule has 1 atom stereocenters. The van der Waals surface area contributed by atoms with Crippen molar-refractivity contribution in [1.82, 2.24) is 0 Å². The van der Waals surface area contributed by atoms with E-state index < -0.39 is 0 Å². The van der Waals surface area contributed by atoms with E-state index in [0.717, 1.165) is 35.4 Å². The minimum atomic E-state index is -0.344. The smallest absolute Gasteiger partial charge is 0.0512 e. The lowest BCUT2D eigenvalue weighted by molar-refractivity contribution is 0.293. The van der Waals surface area contributed by atoms with Crippen molar-refractivity contribution in [3.8, 4) is 0 Å². The molecule has 2 N–H and O–H groups in total. The van der Waals surface area contributed by atoms with Crippen molar-refractivity contribution in [3.05, 3.63) is 23.4 Å². The summed E-state index contributed by atoms with van der Waals surface area (Å²) in [6, 6.07) is 0. The van der Waals surface area contributed by atoms with Gasteiger partial charge in [-0.25, -0.2) is 0 Å². The first-order valence-electron chi connectivity index (χ1n) is 7.61. The molecule has 0 rings (SSSR count). The number of nitrogens with zero attached hydrogens (tertiary/aromatic N) is 1. The first-order chi connectivity index (χ1) is 8.93. The van der Waals surface area contributed by atoms with Gasteiger partial charge in [-0.1, -0.05) is 39.3 Å². The Morgan fingerprint density at radius 1 is 1.05 bits per heavy atom. The van der Waals surface area contributed by atoms with Gasteiger partial charge in [0, 0.05) is 11.4 Å². The average molecular weight is 278 g/mol. The molecule has 0 aromatic carbocycles. The summed E-state index contributed by atoms with van der Waals surface area (Å²) in [5.74, 6) is 0. The highest BCUT2D eigenvalue weighted by atomic mass is 14.8. The molecule has 0 heterocycles. The highest BCUT2D eigenvalue weighted by Gasteiger charge is 2.26. The van der Waals surface area contributed by atoms with Crippen molar-refractivity contribution in [2.75, 3.05) is 0 Å². The van der Waals surface area contributed by atoms with Crippen molar-refractivity contribution in [1.29, 1.82) is 0 Å². The third-order valence-electron chi connectivity index (χ3n) is 4.62. The molecule has 0 amide bonds. The van der Waals surface area contributed by atoms with Crippen LogP contribution in [-0.2, 0) is 0 Å². The van der Waals surface area contributed by atoms with Crippen molar-refractivity contribution in [3.63, 3.8) is 0 Å². The predicted molar refractivity (Wildman–Crippen MR) is 92.2 cm³/mol. The van der Waals surface area contributed by atoms with E-state index in [2.05, 4.69) is 41.2 Å². The van der Waals surface area contributed by atoms with Gasteiger partial charge in [0.25, 0.3) is 0 Å². The van der Waals surface area contributed by atoms with Crippen molar-refractivity contribution in [2.45, 2.75) is 80.2 Å². The summed E-state index contributed by atoms with van der Waals surface area (Å²) < 4.78 is 0. The number of rotatable bonds is 7. The lowest BCUT2D eigenvalue weighted by Crippen LogP contribution is -2.44. The molecular formula is C18H34N2. The molecule has 0 aliphatic rings. The topological polar surface area (TPSA) is 38.4 Å². The molecule has 2 nitrogen and oxygen atoms in total. The predicted octanol–water partition coefficient (Wildman–Crippen LogP) is 5.25. The van der Waals surface area contributed by atoms with E-state index in [9.17, 15) is 0 Å². The quantitative estimate of drug-likeness (QED) is 0.501. The highest BCUT2D eigenvalue weighted by Crippen LogP contribution is 2.29. The van der Waals surface area contributed by atoms with Gasteiger partial charge >= 0.3 is 0 Å². The third-order valence-corrected chi connectivity index (χ3v) is 4.62. The average Bonchev–Trinajstić information content (AvgIpc) is 2.35. The summed E-state index contributed by atoms with van der Waals surface area (Å²) in [5.41, 5.74) is 10.7. The molecule has 20 heavy (non-hydrogen) atoms. The van der Waals surface area contributed by atoms with Gasteiger partial charge in [0.05, 0.1) is 5.54 Å². The van der Waals surface area contributed by atoms with Gasteiger partial charge < -0.3 is 5.73 Å². The van der Waals surface area contributed by atoms with Crippen molar-refractivity contribution >= 4 is 5.71 Å². The largest absolute Gasteiger partial charge is 0.321 e.